The molecule has 1 aliphatic heterocycles. The van der Waals surface area contributed by atoms with Crippen molar-refractivity contribution in [3.63, 3.8) is 0 Å². The predicted octanol–water partition coefficient (Wildman–Crippen LogP) is 1.08. The Hall–Kier alpha value is -1.79. The summed E-state index contributed by atoms with van der Waals surface area (Å²) in [6.45, 7) is 2.75. The molecule has 1 saturated heterocycles. The van der Waals surface area contributed by atoms with E-state index in [2.05, 4.69) is 20.6 Å². The fourth-order valence-electron chi connectivity index (χ4n) is 1.97. The Morgan fingerprint density at radius 1 is 1.45 bits per heavy atom. The predicted molar refractivity (Wildman–Crippen MR) is 78.4 cm³/mol. The van der Waals surface area contributed by atoms with Gasteiger partial charge in [-0.15, -0.1) is 11.3 Å². The van der Waals surface area contributed by atoms with Crippen LogP contribution in [-0.4, -0.2) is 35.5 Å². The first-order valence-electron chi connectivity index (χ1n) is 6.64. The van der Waals surface area contributed by atoms with Crippen molar-refractivity contribution in [1.29, 1.82) is 0 Å². The lowest BCUT2D eigenvalue weighted by atomic mass is 10.0. The minimum atomic E-state index is 0.0368. The molecule has 0 aromatic carbocycles. The Morgan fingerprint density at radius 2 is 2.35 bits per heavy atom. The van der Waals surface area contributed by atoms with E-state index in [1.165, 1.54) is 11.3 Å². The molecule has 0 atom stereocenters. The number of rotatable bonds is 5. The molecule has 5 nitrogen and oxygen atoms in total. The van der Waals surface area contributed by atoms with E-state index in [4.69, 9.17) is 0 Å². The highest BCUT2D eigenvalue weighted by atomic mass is 32.1. The van der Waals surface area contributed by atoms with Crippen molar-refractivity contribution in [3.8, 4) is 10.7 Å². The molecule has 0 saturated carbocycles. The van der Waals surface area contributed by atoms with Gasteiger partial charge in [0.15, 0.2) is 0 Å². The summed E-state index contributed by atoms with van der Waals surface area (Å²) in [5.41, 5.74) is 1.66. The third-order valence-corrected chi connectivity index (χ3v) is 4.14. The van der Waals surface area contributed by atoms with E-state index in [-0.39, 0.29) is 5.91 Å². The monoisotopic (exact) mass is 288 g/mol. The first kappa shape index (κ1) is 13.2. The van der Waals surface area contributed by atoms with Crippen LogP contribution in [0.4, 0.5) is 0 Å². The van der Waals surface area contributed by atoms with Crippen molar-refractivity contribution < 1.29 is 4.79 Å². The minimum absolute atomic E-state index is 0.0368. The largest absolute Gasteiger partial charge is 0.355 e. The molecule has 2 N–H and O–H groups in total. The normalized spacial score (nSPS) is 14.8. The zero-order valence-corrected chi connectivity index (χ0v) is 11.8. The number of amides is 1. The summed E-state index contributed by atoms with van der Waals surface area (Å²) in [5, 5.41) is 8.92. The van der Waals surface area contributed by atoms with E-state index in [1.54, 1.807) is 6.20 Å². The van der Waals surface area contributed by atoms with Crippen LogP contribution in [0.2, 0.25) is 0 Å². The van der Waals surface area contributed by atoms with Gasteiger partial charge >= 0.3 is 0 Å². The van der Waals surface area contributed by atoms with E-state index in [9.17, 15) is 4.79 Å². The van der Waals surface area contributed by atoms with Crippen molar-refractivity contribution in [2.45, 2.75) is 6.42 Å². The van der Waals surface area contributed by atoms with E-state index < -0.39 is 0 Å². The van der Waals surface area contributed by atoms with Crippen molar-refractivity contribution in [1.82, 2.24) is 20.6 Å². The lowest BCUT2D eigenvalue weighted by Gasteiger charge is -2.26. The Balaban J connectivity index is 1.55. The highest BCUT2D eigenvalue weighted by molar-refractivity contribution is 7.13. The number of nitrogens with one attached hydrogen (secondary N) is 2. The Kier molecular flexibility index (Phi) is 4.03. The van der Waals surface area contributed by atoms with Gasteiger partial charge in [0.25, 0.3) is 0 Å². The fourth-order valence-corrected chi connectivity index (χ4v) is 2.77. The summed E-state index contributed by atoms with van der Waals surface area (Å²) in [6.07, 6.45) is 2.08. The molecule has 0 aliphatic carbocycles. The van der Waals surface area contributed by atoms with Gasteiger partial charge in [-0.2, -0.15) is 0 Å². The first-order valence-corrected chi connectivity index (χ1v) is 7.52. The molecular formula is C14H16N4OS. The number of thiazole rings is 1. The van der Waals surface area contributed by atoms with E-state index in [0.29, 0.717) is 12.3 Å². The maximum absolute atomic E-state index is 11.8. The first-order chi connectivity index (χ1) is 9.81. The van der Waals surface area contributed by atoms with Crippen LogP contribution in [0.15, 0.2) is 29.8 Å². The van der Waals surface area contributed by atoms with Crippen LogP contribution in [0.5, 0.6) is 0 Å². The van der Waals surface area contributed by atoms with Gasteiger partial charge in [0.05, 0.1) is 17.8 Å². The lowest BCUT2D eigenvalue weighted by Crippen LogP contribution is -2.48. The summed E-state index contributed by atoms with van der Waals surface area (Å²) >= 11 is 1.52. The van der Waals surface area contributed by atoms with Crippen molar-refractivity contribution in [3.05, 3.63) is 35.5 Å². The molecule has 104 valence electrons. The van der Waals surface area contributed by atoms with Gasteiger partial charge < -0.3 is 10.6 Å². The molecule has 1 fully saturated rings. The van der Waals surface area contributed by atoms with Crippen LogP contribution >= 0.6 is 11.3 Å². The molecular weight excluding hydrogens is 272 g/mol. The van der Waals surface area contributed by atoms with Crippen LogP contribution in [0.25, 0.3) is 10.7 Å². The highest BCUT2D eigenvalue weighted by Crippen LogP contribution is 2.21. The van der Waals surface area contributed by atoms with Gasteiger partial charge in [0.1, 0.15) is 5.01 Å². The molecule has 0 unspecified atom stereocenters. The zero-order chi connectivity index (χ0) is 13.8. The molecule has 1 aliphatic rings. The Labute approximate surface area is 121 Å². The average molecular weight is 288 g/mol. The van der Waals surface area contributed by atoms with E-state index in [0.717, 1.165) is 36.0 Å². The number of hydrogen-bond acceptors (Lipinski definition) is 5. The molecule has 3 rings (SSSR count). The molecule has 1 amide bonds. The summed E-state index contributed by atoms with van der Waals surface area (Å²) in [4.78, 5) is 20.5. The lowest BCUT2D eigenvalue weighted by molar-refractivity contribution is -0.120. The van der Waals surface area contributed by atoms with Crippen LogP contribution < -0.4 is 10.6 Å². The zero-order valence-electron chi connectivity index (χ0n) is 11.0. The number of pyridine rings is 1. The van der Waals surface area contributed by atoms with Gasteiger partial charge in [-0.05, 0) is 12.1 Å². The molecule has 2 aromatic rings. The van der Waals surface area contributed by atoms with Gasteiger partial charge in [-0.1, -0.05) is 6.07 Å². The van der Waals surface area contributed by atoms with Crippen LogP contribution in [0.3, 0.4) is 0 Å². The molecule has 0 spiro atoms. The van der Waals surface area contributed by atoms with Gasteiger partial charge in [-0.3, -0.25) is 9.78 Å². The second-order valence-electron chi connectivity index (χ2n) is 4.86. The SMILES string of the molecule is O=C(Cc1csc(-c2ccccn2)n1)NCC1CNC1. The summed E-state index contributed by atoms with van der Waals surface area (Å²) in [7, 11) is 0. The molecule has 0 bridgehead atoms. The topological polar surface area (TPSA) is 66.9 Å². The second-order valence-corrected chi connectivity index (χ2v) is 5.72. The van der Waals surface area contributed by atoms with Crippen molar-refractivity contribution in [2.24, 2.45) is 5.92 Å². The molecule has 6 heteroatoms. The number of nitrogens with zero attached hydrogens (tertiary/aromatic N) is 2. The summed E-state index contributed by atoms with van der Waals surface area (Å²) in [6, 6.07) is 5.73. The molecule has 0 radical (unpaired) electrons. The number of hydrogen-bond donors (Lipinski definition) is 2. The van der Waals surface area contributed by atoms with E-state index >= 15 is 0 Å². The van der Waals surface area contributed by atoms with Crippen LogP contribution in [-0.2, 0) is 11.2 Å². The minimum Gasteiger partial charge on any atom is -0.355 e. The third-order valence-electron chi connectivity index (χ3n) is 3.23. The van der Waals surface area contributed by atoms with Gasteiger partial charge in [0.2, 0.25) is 5.91 Å². The van der Waals surface area contributed by atoms with E-state index in [1.807, 2.05) is 23.6 Å². The van der Waals surface area contributed by atoms with Crippen molar-refractivity contribution >= 4 is 17.2 Å². The Bertz CT molecular complexity index is 580. The highest BCUT2D eigenvalue weighted by Gasteiger charge is 2.17. The molecule has 2 aromatic heterocycles. The number of carbonyl (C=O) groups excluding carboxylic acids is 1. The fraction of sp³-hybridized carbons (Fsp3) is 0.357. The van der Waals surface area contributed by atoms with Gasteiger partial charge in [-0.25, -0.2) is 4.98 Å². The molecule has 3 heterocycles. The van der Waals surface area contributed by atoms with Crippen LogP contribution in [0, 0.1) is 5.92 Å². The smallest absolute Gasteiger partial charge is 0.226 e. The second kappa shape index (κ2) is 6.11. The Morgan fingerprint density at radius 3 is 3.05 bits per heavy atom. The quantitative estimate of drug-likeness (QED) is 0.864. The van der Waals surface area contributed by atoms with Crippen molar-refractivity contribution in [2.75, 3.05) is 19.6 Å². The maximum atomic E-state index is 11.8. The average Bonchev–Trinajstić information content (AvgIpc) is 2.86. The summed E-state index contributed by atoms with van der Waals surface area (Å²) in [5.74, 6) is 0.619. The van der Waals surface area contributed by atoms with Crippen LogP contribution in [0.1, 0.15) is 5.69 Å². The van der Waals surface area contributed by atoms with Gasteiger partial charge in [0, 0.05) is 37.1 Å². The maximum Gasteiger partial charge on any atom is 0.226 e. The molecule has 20 heavy (non-hydrogen) atoms. The number of carbonyl (C=O) groups is 1. The summed E-state index contributed by atoms with van der Waals surface area (Å²) < 4.78 is 0. The number of aromatic nitrogens is 2. The standard InChI is InChI=1S/C14H16N4OS/c19-13(17-8-10-6-15-7-10)5-11-9-20-14(18-11)12-3-1-2-4-16-12/h1-4,9-10,15H,5-8H2,(H,17,19). The third kappa shape index (κ3) is 3.20.